The van der Waals surface area contributed by atoms with E-state index in [1.54, 1.807) is 0 Å². The van der Waals surface area contributed by atoms with Crippen molar-refractivity contribution >= 4 is 0 Å². The van der Waals surface area contributed by atoms with E-state index in [1.165, 1.54) is 5.56 Å². The lowest BCUT2D eigenvalue weighted by atomic mass is 10.1. The molecular formula is C17H22N2O. The van der Waals surface area contributed by atoms with E-state index in [0.29, 0.717) is 11.9 Å². The van der Waals surface area contributed by atoms with Gasteiger partial charge in [0.15, 0.2) is 0 Å². The molecule has 1 N–H and O–H groups in total. The Labute approximate surface area is 121 Å². The molecule has 1 unspecified atom stereocenters. The summed E-state index contributed by atoms with van der Waals surface area (Å²) in [4.78, 5) is 4.34. The van der Waals surface area contributed by atoms with Crippen molar-refractivity contribution in [1.29, 1.82) is 0 Å². The summed E-state index contributed by atoms with van der Waals surface area (Å²) in [6, 6.07) is 12.4. The summed E-state index contributed by atoms with van der Waals surface area (Å²) < 4.78 is 5.75. The molecule has 106 valence electrons. The van der Waals surface area contributed by atoms with Crippen molar-refractivity contribution in [3.05, 3.63) is 53.7 Å². The van der Waals surface area contributed by atoms with Gasteiger partial charge in [0.2, 0.25) is 5.88 Å². The number of hydrogen-bond donors (Lipinski definition) is 1. The number of benzene rings is 1. The van der Waals surface area contributed by atoms with Gasteiger partial charge < -0.3 is 10.1 Å². The number of nitrogens with one attached hydrogen (secondary N) is 1. The molecule has 2 aromatic rings. The summed E-state index contributed by atoms with van der Waals surface area (Å²) in [5.41, 5.74) is 2.49. The van der Waals surface area contributed by atoms with E-state index in [1.807, 2.05) is 37.5 Å². The van der Waals surface area contributed by atoms with Crippen LogP contribution in [-0.4, -0.2) is 12.0 Å². The quantitative estimate of drug-likeness (QED) is 0.857. The lowest BCUT2D eigenvalue weighted by Gasteiger charge is -2.11. The second kappa shape index (κ2) is 7.06. The second-order valence-electron chi connectivity index (χ2n) is 4.94. The molecule has 1 heterocycles. The molecule has 3 nitrogen and oxygen atoms in total. The average molecular weight is 270 g/mol. The Morgan fingerprint density at radius 3 is 2.45 bits per heavy atom. The summed E-state index contributed by atoms with van der Waals surface area (Å²) >= 11 is 0. The Balaban J connectivity index is 2.02. The first-order chi connectivity index (χ1) is 9.72. The maximum Gasteiger partial charge on any atom is 0.219 e. The molecule has 0 saturated carbocycles. The van der Waals surface area contributed by atoms with E-state index in [-0.39, 0.29) is 0 Å². The average Bonchev–Trinajstić information content (AvgIpc) is 2.49. The normalized spacial score (nSPS) is 12.2. The summed E-state index contributed by atoms with van der Waals surface area (Å²) in [5.74, 6) is 1.45. The Morgan fingerprint density at radius 2 is 1.90 bits per heavy atom. The molecule has 0 aliphatic rings. The zero-order valence-corrected chi connectivity index (χ0v) is 12.4. The highest BCUT2D eigenvalue weighted by atomic mass is 16.5. The van der Waals surface area contributed by atoms with Crippen LogP contribution in [0.2, 0.25) is 0 Å². The second-order valence-corrected chi connectivity index (χ2v) is 4.94. The zero-order chi connectivity index (χ0) is 14.4. The van der Waals surface area contributed by atoms with Gasteiger partial charge in [-0.25, -0.2) is 4.98 Å². The van der Waals surface area contributed by atoms with Crippen LogP contribution in [0.1, 0.15) is 37.4 Å². The number of ether oxygens (including phenoxy) is 1. The third-order valence-electron chi connectivity index (χ3n) is 3.38. The fourth-order valence-electron chi connectivity index (χ4n) is 2.01. The summed E-state index contributed by atoms with van der Waals surface area (Å²) in [7, 11) is 1.94. The fourth-order valence-corrected chi connectivity index (χ4v) is 2.01. The van der Waals surface area contributed by atoms with Crippen molar-refractivity contribution in [3.63, 3.8) is 0 Å². The molecule has 2 rings (SSSR count). The summed E-state index contributed by atoms with van der Waals surface area (Å²) in [6.45, 7) is 4.28. The molecule has 0 radical (unpaired) electrons. The van der Waals surface area contributed by atoms with Crippen LogP contribution in [-0.2, 0) is 6.42 Å². The first kappa shape index (κ1) is 14.5. The Morgan fingerprint density at radius 1 is 1.15 bits per heavy atom. The van der Waals surface area contributed by atoms with Crippen LogP contribution in [0.5, 0.6) is 11.6 Å². The minimum absolute atomic E-state index is 0.296. The highest BCUT2D eigenvalue weighted by Crippen LogP contribution is 2.21. The molecule has 0 aliphatic carbocycles. The van der Waals surface area contributed by atoms with E-state index < -0.39 is 0 Å². The van der Waals surface area contributed by atoms with Crippen molar-refractivity contribution in [3.8, 4) is 11.6 Å². The first-order valence-corrected chi connectivity index (χ1v) is 7.13. The van der Waals surface area contributed by atoms with Gasteiger partial charge in [0.25, 0.3) is 0 Å². The predicted molar refractivity (Wildman–Crippen MR) is 82.2 cm³/mol. The molecule has 0 aliphatic heterocycles. The third-order valence-corrected chi connectivity index (χ3v) is 3.38. The standard InChI is InChI=1S/C17H22N2O/c1-4-5-14-6-9-16(10-7-14)20-17-11-8-15(12-19-17)13(2)18-3/h6-13,18H,4-5H2,1-3H3. The van der Waals surface area contributed by atoms with Crippen LogP contribution in [0.25, 0.3) is 0 Å². The van der Waals surface area contributed by atoms with Gasteiger partial charge >= 0.3 is 0 Å². The van der Waals surface area contributed by atoms with Gasteiger partial charge in [-0.05, 0) is 43.7 Å². The van der Waals surface area contributed by atoms with E-state index in [9.17, 15) is 0 Å². The molecule has 1 aromatic heterocycles. The minimum Gasteiger partial charge on any atom is -0.439 e. The van der Waals surface area contributed by atoms with Gasteiger partial charge in [-0.3, -0.25) is 0 Å². The molecule has 0 amide bonds. The van der Waals surface area contributed by atoms with Crippen LogP contribution in [0, 0.1) is 0 Å². The summed E-state index contributed by atoms with van der Waals surface area (Å²) in [6.07, 6.45) is 4.12. The zero-order valence-electron chi connectivity index (χ0n) is 12.4. The van der Waals surface area contributed by atoms with Crippen molar-refractivity contribution in [2.24, 2.45) is 0 Å². The summed E-state index contributed by atoms with van der Waals surface area (Å²) in [5, 5.41) is 3.19. The Kier molecular flexibility index (Phi) is 5.13. The minimum atomic E-state index is 0.296. The molecule has 0 saturated heterocycles. The molecule has 0 bridgehead atoms. The van der Waals surface area contributed by atoms with E-state index >= 15 is 0 Å². The van der Waals surface area contributed by atoms with Crippen molar-refractivity contribution in [2.75, 3.05) is 7.05 Å². The number of rotatable bonds is 6. The number of aryl methyl sites for hydroxylation is 1. The van der Waals surface area contributed by atoms with E-state index in [4.69, 9.17) is 4.74 Å². The van der Waals surface area contributed by atoms with Gasteiger partial charge in [-0.1, -0.05) is 31.5 Å². The highest BCUT2D eigenvalue weighted by Gasteiger charge is 2.04. The van der Waals surface area contributed by atoms with Gasteiger partial charge in [0.1, 0.15) is 5.75 Å². The molecule has 20 heavy (non-hydrogen) atoms. The largest absolute Gasteiger partial charge is 0.439 e. The number of nitrogens with zero attached hydrogens (tertiary/aromatic N) is 1. The van der Waals surface area contributed by atoms with Gasteiger partial charge in [-0.15, -0.1) is 0 Å². The van der Waals surface area contributed by atoms with Crippen molar-refractivity contribution in [1.82, 2.24) is 10.3 Å². The van der Waals surface area contributed by atoms with E-state index in [0.717, 1.165) is 24.2 Å². The monoisotopic (exact) mass is 270 g/mol. The molecule has 3 heteroatoms. The number of pyridine rings is 1. The predicted octanol–water partition coefficient (Wildman–Crippen LogP) is 4.11. The lowest BCUT2D eigenvalue weighted by molar-refractivity contribution is 0.461. The van der Waals surface area contributed by atoms with Crippen LogP contribution in [0.4, 0.5) is 0 Å². The van der Waals surface area contributed by atoms with Crippen LogP contribution < -0.4 is 10.1 Å². The van der Waals surface area contributed by atoms with Gasteiger partial charge in [-0.2, -0.15) is 0 Å². The van der Waals surface area contributed by atoms with Crippen molar-refractivity contribution < 1.29 is 4.74 Å². The van der Waals surface area contributed by atoms with Crippen LogP contribution in [0.15, 0.2) is 42.6 Å². The first-order valence-electron chi connectivity index (χ1n) is 7.13. The lowest BCUT2D eigenvalue weighted by Crippen LogP contribution is -2.12. The topological polar surface area (TPSA) is 34.1 Å². The third kappa shape index (κ3) is 3.81. The Hall–Kier alpha value is -1.87. The van der Waals surface area contributed by atoms with Gasteiger partial charge in [0, 0.05) is 18.3 Å². The molecule has 0 spiro atoms. The number of hydrogen-bond acceptors (Lipinski definition) is 3. The smallest absolute Gasteiger partial charge is 0.219 e. The number of aromatic nitrogens is 1. The maximum absolute atomic E-state index is 5.75. The molecule has 0 fully saturated rings. The maximum atomic E-state index is 5.75. The van der Waals surface area contributed by atoms with Crippen LogP contribution >= 0.6 is 0 Å². The molecule has 1 aromatic carbocycles. The van der Waals surface area contributed by atoms with Gasteiger partial charge in [0.05, 0.1) is 0 Å². The SMILES string of the molecule is CCCc1ccc(Oc2ccc(C(C)NC)cn2)cc1. The van der Waals surface area contributed by atoms with Crippen molar-refractivity contribution in [2.45, 2.75) is 32.7 Å². The Bertz CT molecular complexity index is 520. The van der Waals surface area contributed by atoms with Crippen LogP contribution in [0.3, 0.4) is 0 Å². The molecule has 1 atom stereocenters. The highest BCUT2D eigenvalue weighted by molar-refractivity contribution is 5.31. The fraction of sp³-hybridized carbons (Fsp3) is 0.353. The molecular weight excluding hydrogens is 248 g/mol. The van der Waals surface area contributed by atoms with E-state index in [2.05, 4.69) is 36.3 Å².